The van der Waals surface area contributed by atoms with Gasteiger partial charge >= 0.3 is 12.7 Å². The van der Waals surface area contributed by atoms with Crippen molar-refractivity contribution in [3.63, 3.8) is 0 Å². The van der Waals surface area contributed by atoms with Crippen LogP contribution >= 0.6 is 18.1 Å². The van der Waals surface area contributed by atoms with Gasteiger partial charge in [-0.3, -0.25) is 9.24 Å². The maximum atomic E-state index is 13.4. The van der Waals surface area contributed by atoms with Gasteiger partial charge in [-0.1, -0.05) is 13.8 Å². The zero-order chi connectivity index (χ0) is 17.5. The molecule has 1 aliphatic heterocycles. The lowest BCUT2D eigenvalue weighted by molar-refractivity contribution is -0.138. The van der Waals surface area contributed by atoms with Crippen LogP contribution in [0.2, 0.25) is 0 Å². The Bertz CT molecular complexity index is 544. The summed E-state index contributed by atoms with van der Waals surface area (Å²) in [5.74, 6) is -0.659. The highest BCUT2D eigenvalue weighted by Gasteiger charge is 2.40. The number of hydrogen-bond acceptors (Lipinski definition) is 6. The van der Waals surface area contributed by atoms with Crippen LogP contribution in [0.15, 0.2) is 11.3 Å². The standard InChI is InChI=1S/C15H25N2O4PS/c1-5-12(4)23-22(19,21-7-3)17-10-8-9-14(17)13(11-16)15(18)20-6-2/h12H,5-10H2,1-4H3. The number of rotatable bonds is 8. The van der Waals surface area contributed by atoms with Gasteiger partial charge in [0.15, 0.2) is 5.57 Å². The van der Waals surface area contributed by atoms with Gasteiger partial charge in [0.2, 0.25) is 0 Å². The minimum Gasteiger partial charge on any atom is -0.462 e. The van der Waals surface area contributed by atoms with Crippen molar-refractivity contribution in [1.82, 2.24) is 4.67 Å². The van der Waals surface area contributed by atoms with Gasteiger partial charge in [0.25, 0.3) is 0 Å². The normalized spacial score (nSPS) is 20.6. The first-order chi connectivity index (χ1) is 10.9. The van der Waals surface area contributed by atoms with Gasteiger partial charge < -0.3 is 9.26 Å². The fraction of sp³-hybridized carbons (Fsp3) is 0.733. The fourth-order valence-electron chi connectivity index (χ4n) is 2.24. The van der Waals surface area contributed by atoms with Gasteiger partial charge in [0.05, 0.1) is 13.2 Å². The number of esters is 1. The van der Waals surface area contributed by atoms with Gasteiger partial charge in [0, 0.05) is 17.5 Å². The number of nitriles is 1. The van der Waals surface area contributed by atoms with Crippen molar-refractivity contribution in [3.05, 3.63) is 11.3 Å². The van der Waals surface area contributed by atoms with Crippen molar-refractivity contribution in [3.8, 4) is 6.07 Å². The van der Waals surface area contributed by atoms with Crippen molar-refractivity contribution in [2.45, 2.75) is 52.2 Å². The molecule has 0 amide bonds. The highest BCUT2D eigenvalue weighted by Crippen LogP contribution is 2.67. The number of carbonyl (C=O) groups is 1. The van der Waals surface area contributed by atoms with E-state index < -0.39 is 12.7 Å². The average Bonchev–Trinajstić information content (AvgIpc) is 2.98. The lowest BCUT2D eigenvalue weighted by Crippen LogP contribution is -2.20. The third-order valence-electron chi connectivity index (χ3n) is 3.45. The molecule has 1 fully saturated rings. The maximum absolute atomic E-state index is 13.4. The molecular formula is C15H25N2O4PS. The van der Waals surface area contributed by atoms with Gasteiger partial charge in [-0.25, -0.2) is 4.79 Å². The first kappa shape index (κ1) is 20.1. The Balaban J connectivity index is 3.22. The number of nitrogens with zero attached hydrogens (tertiary/aromatic N) is 2. The highest BCUT2D eigenvalue weighted by atomic mass is 32.7. The molecule has 0 aromatic heterocycles. The van der Waals surface area contributed by atoms with Gasteiger partial charge in [0.1, 0.15) is 6.07 Å². The molecule has 0 aromatic carbocycles. The smallest absolute Gasteiger partial charge is 0.353 e. The maximum Gasteiger partial charge on any atom is 0.353 e. The number of allylic oxidation sites excluding steroid dienone is 1. The predicted octanol–water partition coefficient (Wildman–Crippen LogP) is 4.10. The third kappa shape index (κ3) is 5.00. The van der Waals surface area contributed by atoms with Crippen LogP contribution in [0.1, 0.15) is 47.0 Å². The van der Waals surface area contributed by atoms with Crippen molar-refractivity contribution in [2.75, 3.05) is 19.8 Å². The van der Waals surface area contributed by atoms with E-state index in [-0.39, 0.29) is 17.4 Å². The summed E-state index contributed by atoms with van der Waals surface area (Å²) in [5.41, 5.74) is 0.424. The first-order valence-electron chi connectivity index (χ1n) is 7.94. The van der Waals surface area contributed by atoms with Crippen LogP contribution in [0, 0.1) is 11.3 Å². The quantitative estimate of drug-likeness (QED) is 0.279. The molecule has 0 bridgehead atoms. The van der Waals surface area contributed by atoms with E-state index in [9.17, 15) is 14.6 Å². The van der Waals surface area contributed by atoms with Crippen LogP contribution in [-0.2, 0) is 18.6 Å². The molecule has 6 nitrogen and oxygen atoms in total. The van der Waals surface area contributed by atoms with E-state index in [0.717, 1.165) is 12.8 Å². The molecule has 2 atom stereocenters. The molecule has 0 spiro atoms. The molecule has 1 rings (SSSR count). The fourth-order valence-corrected chi connectivity index (χ4v) is 7.56. The molecular weight excluding hydrogens is 335 g/mol. The van der Waals surface area contributed by atoms with Crippen molar-refractivity contribution >= 4 is 24.1 Å². The SMILES string of the molecule is CCOC(=O)C(C#N)=C1CCCN1P(=O)(OCC)SC(C)CC. The summed E-state index contributed by atoms with van der Waals surface area (Å²) in [6.45, 7) is 5.33. The summed E-state index contributed by atoms with van der Waals surface area (Å²) in [6, 6.07) is 1.92. The Morgan fingerprint density at radius 1 is 1.43 bits per heavy atom. The van der Waals surface area contributed by atoms with Crippen molar-refractivity contribution in [2.24, 2.45) is 0 Å². The van der Waals surface area contributed by atoms with E-state index in [1.54, 1.807) is 18.5 Å². The second kappa shape index (κ2) is 9.36. The van der Waals surface area contributed by atoms with E-state index in [0.29, 0.717) is 25.3 Å². The van der Waals surface area contributed by atoms with E-state index in [1.807, 2.05) is 19.9 Å². The summed E-state index contributed by atoms with van der Waals surface area (Å²) < 4.78 is 25.5. The Morgan fingerprint density at radius 3 is 2.65 bits per heavy atom. The third-order valence-corrected chi connectivity index (χ3v) is 8.81. The minimum absolute atomic E-state index is 0.0611. The highest BCUT2D eigenvalue weighted by molar-refractivity contribution is 8.56. The Hall–Kier alpha value is -0.960. The molecule has 1 aliphatic rings. The molecule has 2 unspecified atom stereocenters. The molecule has 0 aliphatic carbocycles. The zero-order valence-electron chi connectivity index (χ0n) is 14.2. The van der Waals surface area contributed by atoms with Crippen molar-refractivity contribution in [1.29, 1.82) is 5.26 Å². The van der Waals surface area contributed by atoms with E-state index >= 15 is 0 Å². The molecule has 23 heavy (non-hydrogen) atoms. The van der Waals surface area contributed by atoms with Crippen LogP contribution in [0.3, 0.4) is 0 Å². The summed E-state index contributed by atoms with van der Waals surface area (Å²) in [5, 5.41) is 9.51. The molecule has 1 saturated heterocycles. The topological polar surface area (TPSA) is 79.6 Å². The lowest BCUT2D eigenvalue weighted by Gasteiger charge is -2.31. The molecule has 8 heteroatoms. The Kier molecular flexibility index (Phi) is 8.18. The molecule has 1 heterocycles. The van der Waals surface area contributed by atoms with E-state index in [2.05, 4.69) is 0 Å². The largest absolute Gasteiger partial charge is 0.462 e. The summed E-state index contributed by atoms with van der Waals surface area (Å²) >= 11 is 1.29. The molecule has 0 saturated carbocycles. The van der Waals surface area contributed by atoms with Crippen LogP contribution in [-0.4, -0.2) is 35.6 Å². The Morgan fingerprint density at radius 2 is 2.13 bits per heavy atom. The van der Waals surface area contributed by atoms with Crippen molar-refractivity contribution < 1.29 is 18.6 Å². The lowest BCUT2D eigenvalue weighted by atomic mass is 10.2. The number of ether oxygens (including phenoxy) is 1. The monoisotopic (exact) mass is 360 g/mol. The van der Waals surface area contributed by atoms with Gasteiger partial charge in [-0.05, 0) is 44.5 Å². The summed E-state index contributed by atoms with van der Waals surface area (Å²) in [7, 11) is 0. The van der Waals surface area contributed by atoms with Crippen LogP contribution in [0.25, 0.3) is 0 Å². The molecule has 0 aromatic rings. The average molecular weight is 360 g/mol. The van der Waals surface area contributed by atoms with E-state index in [4.69, 9.17) is 9.26 Å². The number of carbonyl (C=O) groups excluding carboxylic acids is 1. The van der Waals surface area contributed by atoms with Crippen LogP contribution < -0.4 is 0 Å². The Labute approximate surface area is 142 Å². The zero-order valence-corrected chi connectivity index (χ0v) is 15.9. The minimum atomic E-state index is -3.19. The summed E-state index contributed by atoms with van der Waals surface area (Å²) in [6.07, 6.45) is 2.12. The van der Waals surface area contributed by atoms with Gasteiger partial charge in [-0.15, -0.1) is 0 Å². The second-order valence-corrected chi connectivity index (χ2v) is 9.80. The van der Waals surface area contributed by atoms with Crippen LogP contribution in [0.5, 0.6) is 0 Å². The van der Waals surface area contributed by atoms with E-state index in [1.165, 1.54) is 11.4 Å². The molecule has 0 N–H and O–H groups in total. The predicted molar refractivity (Wildman–Crippen MR) is 91.8 cm³/mol. The molecule has 130 valence electrons. The van der Waals surface area contributed by atoms with Crippen LogP contribution in [0.4, 0.5) is 0 Å². The van der Waals surface area contributed by atoms with Gasteiger partial charge in [-0.2, -0.15) is 5.26 Å². The first-order valence-corrected chi connectivity index (χ1v) is 11.0. The second-order valence-electron chi connectivity index (χ2n) is 5.09. The number of hydrogen-bond donors (Lipinski definition) is 0. The summed E-state index contributed by atoms with van der Waals surface area (Å²) in [4.78, 5) is 12.0. The molecule has 0 radical (unpaired) electrons.